The van der Waals surface area contributed by atoms with Crippen molar-refractivity contribution in [1.29, 1.82) is 0 Å². The molecule has 0 saturated heterocycles. The van der Waals surface area contributed by atoms with Gasteiger partial charge in [-0.25, -0.2) is 0 Å². The highest BCUT2D eigenvalue weighted by Gasteiger charge is 2.08. The topological polar surface area (TPSA) is 18.5 Å². The Bertz CT molecular complexity index is 648. The summed E-state index contributed by atoms with van der Waals surface area (Å²) < 4.78 is 11.1. The standard InChI is InChI=1S/C19H18O2/c1-3-9-17-13-7-14-18(20-2)19(17)21-15-8-12-16-10-5-4-6-11-16/h3-7,10-11,13-14H,1,9,15H2,2H3. The molecule has 106 valence electrons. The van der Waals surface area contributed by atoms with Crippen molar-refractivity contribution < 1.29 is 9.47 Å². The fourth-order valence-corrected chi connectivity index (χ4v) is 1.97. The molecule has 0 unspecified atom stereocenters. The fourth-order valence-electron chi connectivity index (χ4n) is 1.97. The van der Waals surface area contributed by atoms with Crippen LogP contribution in [0.3, 0.4) is 0 Å². The Kier molecular flexibility index (Phi) is 5.49. The minimum Gasteiger partial charge on any atom is -0.493 e. The van der Waals surface area contributed by atoms with Crippen molar-refractivity contribution in [3.8, 4) is 23.3 Å². The van der Waals surface area contributed by atoms with E-state index in [1.807, 2.05) is 54.6 Å². The molecule has 2 aromatic rings. The molecule has 2 aromatic carbocycles. The predicted molar refractivity (Wildman–Crippen MR) is 85.7 cm³/mol. The van der Waals surface area contributed by atoms with Crippen LogP contribution in [0.2, 0.25) is 0 Å². The van der Waals surface area contributed by atoms with E-state index in [0.717, 1.165) is 29.0 Å². The summed E-state index contributed by atoms with van der Waals surface area (Å²) in [7, 11) is 1.63. The van der Waals surface area contributed by atoms with E-state index >= 15 is 0 Å². The summed E-state index contributed by atoms with van der Waals surface area (Å²) in [6.45, 7) is 4.08. The van der Waals surface area contributed by atoms with Crippen molar-refractivity contribution in [2.45, 2.75) is 6.42 Å². The maximum absolute atomic E-state index is 5.79. The minimum absolute atomic E-state index is 0.319. The average Bonchev–Trinajstić information content (AvgIpc) is 2.53. The second-order valence-corrected chi connectivity index (χ2v) is 4.40. The van der Waals surface area contributed by atoms with Gasteiger partial charge in [0.2, 0.25) is 0 Å². The quantitative estimate of drug-likeness (QED) is 0.611. The summed E-state index contributed by atoms with van der Waals surface area (Å²) in [5, 5.41) is 0. The van der Waals surface area contributed by atoms with Crippen molar-refractivity contribution in [2.24, 2.45) is 0 Å². The summed E-state index contributed by atoms with van der Waals surface area (Å²) in [5.74, 6) is 7.54. The van der Waals surface area contributed by atoms with Crippen LogP contribution in [-0.4, -0.2) is 13.7 Å². The normalized spacial score (nSPS) is 9.38. The van der Waals surface area contributed by atoms with Gasteiger partial charge in [0, 0.05) is 11.1 Å². The molecule has 0 radical (unpaired) electrons. The van der Waals surface area contributed by atoms with Crippen LogP contribution in [0, 0.1) is 11.8 Å². The van der Waals surface area contributed by atoms with Crippen LogP contribution in [-0.2, 0) is 6.42 Å². The number of benzene rings is 2. The summed E-state index contributed by atoms with van der Waals surface area (Å²) in [5.41, 5.74) is 2.03. The molecule has 2 rings (SSSR count). The first-order valence-electron chi connectivity index (χ1n) is 6.78. The molecule has 21 heavy (non-hydrogen) atoms. The van der Waals surface area contributed by atoms with Gasteiger partial charge in [0.25, 0.3) is 0 Å². The van der Waals surface area contributed by atoms with Crippen LogP contribution in [0.1, 0.15) is 11.1 Å². The third-order valence-electron chi connectivity index (χ3n) is 2.94. The molecule has 0 aliphatic rings. The Balaban J connectivity index is 2.09. The van der Waals surface area contributed by atoms with Crippen LogP contribution in [0.25, 0.3) is 0 Å². The first kappa shape index (κ1) is 14.7. The van der Waals surface area contributed by atoms with Gasteiger partial charge in [-0.1, -0.05) is 48.2 Å². The second kappa shape index (κ2) is 7.81. The molecule has 0 fully saturated rings. The van der Waals surface area contributed by atoms with Gasteiger partial charge in [0.05, 0.1) is 7.11 Å². The zero-order chi connectivity index (χ0) is 14.9. The van der Waals surface area contributed by atoms with Crippen LogP contribution in [0.4, 0.5) is 0 Å². The Morgan fingerprint density at radius 3 is 2.62 bits per heavy atom. The number of rotatable bonds is 5. The molecule has 0 aromatic heterocycles. The smallest absolute Gasteiger partial charge is 0.166 e. The van der Waals surface area contributed by atoms with E-state index in [-0.39, 0.29) is 0 Å². The molecule has 0 N–H and O–H groups in total. The van der Waals surface area contributed by atoms with Crippen LogP contribution in [0.5, 0.6) is 11.5 Å². The molecule has 2 nitrogen and oxygen atoms in total. The van der Waals surface area contributed by atoms with E-state index in [2.05, 4.69) is 18.4 Å². The number of para-hydroxylation sites is 1. The molecule has 0 heterocycles. The number of allylic oxidation sites excluding steroid dienone is 1. The Morgan fingerprint density at radius 1 is 1.10 bits per heavy atom. The van der Waals surface area contributed by atoms with Crippen molar-refractivity contribution in [2.75, 3.05) is 13.7 Å². The first-order chi connectivity index (χ1) is 10.3. The molecule has 0 spiro atoms. The monoisotopic (exact) mass is 278 g/mol. The zero-order valence-electron chi connectivity index (χ0n) is 12.1. The molecule has 0 aliphatic carbocycles. The van der Waals surface area contributed by atoms with E-state index in [4.69, 9.17) is 9.47 Å². The fraction of sp³-hybridized carbons (Fsp3) is 0.158. The lowest BCUT2D eigenvalue weighted by molar-refractivity contribution is 0.328. The van der Waals surface area contributed by atoms with Crippen molar-refractivity contribution in [1.82, 2.24) is 0 Å². The van der Waals surface area contributed by atoms with Crippen molar-refractivity contribution in [3.63, 3.8) is 0 Å². The Labute approximate surface area is 126 Å². The number of hydrogen-bond donors (Lipinski definition) is 0. The number of ether oxygens (including phenoxy) is 2. The van der Waals surface area contributed by atoms with Gasteiger partial charge in [0.15, 0.2) is 11.5 Å². The van der Waals surface area contributed by atoms with Gasteiger partial charge in [-0.05, 0) is 24.6 Å². The average molecular weight is 278 g/mol. The zero-order valence-corrected chi connectivity index (χ0v) is 12.1. The molecule has 0 bridgehead atoms. The lowest BCUT2D eigenvalue weighted by Gasteiger charge is -2.12. The van der Waals surface area contributed by atoms with Gasteiger partial charge in [0.1, 0.15) is 6.61 Å². The highest BCUT2D eigenvalue weighted by atomic mass is 16.5. The lowest BCUT2D eigenvalue weighted by atomic mass is 10.1. The van der Waals surface area contributed by atoms with Crippen LogP contribution in [0.15, 0.2) is 61.2 Å². The second-order valence-electron chi connectivity index (χ2n) is 4.40. The molecular weight excluding hydrogens is 260 g/mol. The summed E-state index contributed by atoms with van der Waals surface area (Å²) in [4.78, 5) is 0. The molecule has 0 saturated carbocycles. The van der Waals surface area contributed by atoms with E-state index in [0.29, 0.717) is 6.61 Å². The van der Waals surface area contributed by atoms with Gasteiger partial charge in [-0.2, -0.15) is 0 Å². The Morgan fingerprint density at radius 2 is 1.90 bits per heavy atom. The number of methoxy groups -OCH3 is 1. The third kappa shape index (κ3) is 4.15. The van der Waals surface area contributed by atoms with Gasteiger partial charge in [-0.3, -0.25) is 0 Å². The summed E-state index contributed by atoms with van der Waals surface area (Å²) in [6, 6.07) is 15.7. The number of hydrogen-bond acceptors (Lipinski definition) is 2. The van der Waals surface area contributed by atoms with Crippen molar-refractivity contribution >= 4 is 0 Å². The lowest BCUT2D eigenvalue weighted by Crippen LogP contribution is -2.00. The summed E-state index contributed by atoms with van der Waals surface area (Å²) in [6.07, 6.45) is 2.58. The maximum atomic E-state index is 5.79. The molecule has 0 atom stereocenters. The van der Waals surface area contributed by atoms with Crippen LogP contribution >= 0.6 is 0 Å². The van der Waals surface area contributed by atoms with Crippen molar-refractivity contribution in [3.05, 3.63) is 72.3 Å². The Hall–Kier alpha value is -2.66. The van der Waals surface area contributed by atoms with Gasteiger partial charge >= 0.3 is 0 Å². The van der Waals surface area contributed by atoms with E-state index in [1.54, 1.807) is 7.11 Å². The minimum atomic E-state index is 0.319. The first-order valence-corrected chi connectivity index (χ1v) is 6.78. The predicted octanol–water partition coefficient (Wildman–Crippen LogP) is 3.85. The van der Waals surface area contributed by atoms with Gasteiger partial charge < -0.3 is 9.47 Å². The third-order valence-corrected chi connectivity index (χ3v) is 2.94. The van der Waals surface area contributed by atoms with E-state index in [1.165, 1.54) is 0 Å². The van der Waals surface area contributed by atoms with Crippen LogP contribution < -0.4 is 9.47 Å². The highest BCUT2D eigenvalue weighted by molar-refractivity contribution is 5.47. The molecule has 0 aliphatic heterocycles. The maximum Gasteiger partial charge on any atom is 0.166 e. The molecule has 0 amide bonds. The molecular formula is C19H18O2. The van der Waals surface area contributed by atoms with E-state index < -0.39 is 0 Å². The highest BCUT2D eigenvalue weighted by Crippen LogP contribution is 2.31. The SMILES string of the molecule is C=CCc1cccc(OC)c1OCC#Cc1ccccc1. The van der Waals surface area contributed by atoms with Gasteiger partial charge in [-0.15, -0.1) is 6.58 Å². The van der Waals surface area contributed by atoms with E-state index in [9.17, 15) is 0 Å². The largest absolute Gasteiger partial charge is 0.493 e. The molecule has 2 heteroatoms. The summed E-state index contributed by atoms with van der Waals surface area (Å²) >= 11 is 0.